The highest BCUT2D eigenvalue weighted by Gasteiger charge is 2.38. The molecule has 0 bridgehead atoms. The number of hydrogen-bond donors (Lipinski definition) is 2. The first kappa shape index (κ1) is 20.3. The number of thioether (sulfide) groups is 1. The average molecular weight is 442 g/mol. The molecule has 1 aliphatic heterocycles. The van der Waals surface area contributed by atoms with E-state index in [1.165, 1.54) is 11.8 Å². The molecule has 0 saturated carbocycles. The minimum absolute atomic E-state index is 0.0689. The molecule has 3 aromatic carbocycles. The first-order chi connectivity index (χ1) is 15.6. The Morgan fingerprint density at radius 3 is 2.44 bits per heavy atom. The van der Waals surface area contributed by atoms with E-state index < -0.39 is 5.25 Å². The van der Waals surface area contributed by atoms with Gasteiger partial charge in [0.25, 0.3) is 0 Å². The van der Waals surface area contributed by atoms with Crippen LogP contribution in [-0.4, -0.2) is 26.0 Å². The number of carbonyl (C=O) groups is 1. The van der Waals surface area contributed by atoms with Gasteiger partial charge in [-0.1, -0.05) is 84.6 Å². The number of amides is 1. The number of fused-ring (bicyclic) bond motifs is 1. The Labute approximate surface area is 191 Å². The molecule has 0 radical (unpaired) electrons. The molecule has 0 fully saturated rings. The fourth-order valence-corrected chi connectivity index (χ4v) is 4.89. The lowest BCUT2D eigenvalue weighted by molar-refractivity contribution is -0.116. The summed E-state index contributed by atoms with van der Waals surface area (Å²) in [5, 5.41) is 12.1. The molecule has 32 heavy (non-hydrogen) atoms. The summed E-state index contributed by atoms with van der Waals surface area (Å²) in [5.41, 5.74) is 8.47. The molecule has 0 spiro atoms. The van der Waals surface area contributed by atoms with Gasteiger partial charge in [-0.05, 0) is 36.6 Å². The molecule has 0 unspecified atom stereocenters. The highest BCUT2D eigenvalue weighted by atomic mass is 32.2. The van der Waals surface area contributed by atoms with E-state index in [0.717, 1.165) is 33.8 Å². The Kier molecular flexibility index (Phi) is 5.41. The molecule has 2 N–H and O–H groups in total. The van der Waals surface area contributed by atoms with Gasteiger partial charge in [-0.3, -0.25) is 4.79 Å². The molecule has 0 saturated heterocycles. The van der Waals surface area contributed by atoms with Crippen LogP contribution in [0.4, 0.5) is 5.69 Å². The van der Waals surface area contributed by atoms with Crippen LogP contribution in [0, 0.1) is 13.8 Å². The number of anilines is 1. The van der Waals surface area contributed by atoms with E-state index in [9.17, 15) is 4.79 Å². The molecular weight excluding hydrogens is 418 g/mol. The van der Waals surface area contributed by atoms with E-state index in [4.69, 9.17) is 0 Å². The van der Waals surface area contributed by atoms with E-state index in [0.29, 0.717) is 5.16 Å². The quantitative estimate of drug-likeness (QED) is 0.468. The van der Waals surface area contributed by atoms with Crippen molar-refractivity contribution in [2.24, 2.45) is 0 Å². The standard InChI is InChI=1S/C25H23N5OS/c1-16-13-14-17(2)20(15-16)26-24(31)22-21(18-9-5-3-6-10-18)29-30-23(27-28-25(30)32-22)19-11-7-4-8-12-19/h3-15,21-22,29H,1-2H3,(H,26,31)/t21-,22-/m0/s1. The third-order valence-corrected chi connectivity index (χ3v) is 6.75. The fraction of sp³-hybridized carbons (Fsp3) is 0.160. The van der Waals surface area contributed by atoms with Crippen LogP contribution < -0.4 is 10.7 Å². The van der Waals surface area contributed by atoms with Gasteiger partial charge < -0.3 is 10.7 Å². The van der Waals surface area contributed by atoms with E-state index in [2.05, 4.69) is 20.9 Å². The van der Waals surface area contributed by atoms with Crippen molar-refractivity contribution >= 4 is 23.4 Å². The first-order valence-electron chi connectivity index (χ1n) is 10.5. The molecule has 160 valence electrons. The molecule has 1 aliphatic rings. The normalized spacial score (nSPS) is 17.3. The zero-order valence-electron chi connectivity index (χ0n) is 17.8. The summed E-state index contributed by atoms with van der Waals surface area (Å²) in [4.78, 5) is 13.5. The van der Waals surface area contributed by atoms with Crippen molar-refractivity contribution in [3.8, 4) is 11.4 Å². The zero-order valence-corrected chi connectivity index (χ0v) is 18.6. The molecule has 4 aromatic rings. The zero-order chi connectivity index (χ0) is 22.1. The number of aromatic nitrogens is 3. The maximum absolute atomic E-state index is 13.5. The molecule has 5 rings (SSSR count). The lowest BCUT2D eigenvalue weighted by atomic mass is 10.0. The van der Waals surface area contributed by atoms with E-state index >= 15 is 0 Å². The summed E-state index contributed by atoms with van der Waals surface area (Å²) in [6, 6.07) is 25.8. The Morgan fingerprint density at radius 1 is 0.969 bits per heavy atom. The third-order valence-electron chi connectivity index (χ3n) is 5.54. The Balaban J connectivity index is 1.51. The van der Waals surface area contributed by atoms with Crippen LogP contribution in [0.3, 0.4) is 0 Å². The van der Waals surface area contributed by atoms with Gasteiger partial charge in [-0.2, -0.15) is 0 Å². The summed E-state index contributed by atoms with van der Waals surface area (Å²) in [7, 11) is 0. The van der Waals surface area contributed by atoms with E-state index in [1.807, 2.05) is 97.4 Å². The highest BCUT2D eigenvalue weighted by molar-refractivity contribution is 8.00. The smallest absolute Gasteiger partial charge is 0.240 e. The summed E-state index contributed by atoms with van der Waals surface area (Å²) in [6.45, 7) is 4.02. The van der Waals surface area contributed by atoms with Crippen molar-refractivity contribution in [2.45, 2.75) is 30.3 Å². The van der Waals surface area contributed by atoms with Crippen LogP contribution in [-0.2, 0) is 4.79 Å². The Hall–Kier alpha value is -3.58. The van der Waals surface area contributed by atoms with Crippen LogP contribution in [0.25, 0.3) is 11.4 Å². The number of nitrogens with one attached hydrogen (secondary N) is 2. The van der Waals surface area contributed by atoms with Gasteiger partial charge in [0, 0.05) is 11.3 Å². The number of hydrogen-bond acceptors (Lipinski definition) is 5. The maximum atomic E-state index is 13.5. The Bertz CT molecular complexity index is 1260. The van der Waals surface area contributed by atoms with Gasteiger partial charge in [0.1, 0.15) is 5.25 Å². The second-order valence-electron chi connectivity index (χ2n) is 7.87. The van der Waals surface area contributed by atoms with Crippen LogP contribution in [0.2, 0.25) is 0 Å². The van der Waals surface area contributed by atoms with Gasteiger partial charge in [0.05, 0.1) is 6.04 Å². The molecule has 0 aliphatic carbocycles. The number of benzene rings is 3. The summed E-state index contributed by atoms with van der Waals surface area (Å²) >= 11 is 1.43. The van der Waals surface area contributed by atoms with Crippen molar-refractivity contribution in [3.63, 3.8) is 0 Å². The predicted molar refractivity (Wildman–Crippen MR) is 128 cm³/mol. The second kappa shape index (κ2) is 8.51. The van der Waals surface area contributed by atoms with Gasteiger partial charge >= 0.3 is 0 Å². The number of nitrogens with zero attached hydrogens (tertiary/aromatic N) is 3. The van der Waals surface area contributed by atoms with Crippen LogP contribution >= 0.6 is 11.8 Å². The average Bonchev–Trinajstić information content (AvgIpc) is 3.25. The van der Waals surface area contributed by atoms with Gasteiger partial charge in [0.15, 0.2) is 5.82 Å². The van der Waals surface area contributed by atoms with Crippen molar-refractivity contribution in [2.75, 3.05) is 10.7 Å². The lowest BCUT2D eigenvalue weighted by Gasteiger charge is -2.33. The number of aryl methyl sites for hydroxylation is 2. The van der Waals surface area contributed by atoms with Gasteiger partial charge in [-0.25, -0.2) is 4.68 Å². The monoisotopic (exact) mass is 441 g/mol. The second-order valence-corrected chi connectivity index (χ2v) is 8.98. The molecule has 6 nitrogen and oxygen atoms in total. The molecular formula is C25H23N5OS. The molecule has 2 atom stereocenters. The SMILES string of the molecule is Cc1ccc(C)c(NC(=O)[C@H]2Sc3nnc(-c4ccccc4)n3N[C@H]2c2ccccc2)c1. The van der Waals surface area contributed by atoms with Crippen molar-refractivity contribution in [1.82, 2.24) is 14.9 Å². The minimum Gasteiger partial charge on any atom is -0.325 e. The van der Waals surface area contributed by atoms with Crippen LogP contribution in [0.1, 0.15) is 22.7 Å². The first-order valence-corrected chi connectivity index (χ1v) is 11.4. The van der Waals surface area contributed by atoms with Crippen LogP contribution in [0.5, 0.6) is 0 Å². The predicted octanol–water partition coefficient (Wildman–Crippen LogP) is 4.96. The van der Waals surface area contributed by atoms with E-state index in [1.54, 1.807) is 0 Å². The van der Waals surface area contributed by atoms with Crippen molar-refractivity contribution < 1.29 is 4.79 Å². The van der Waals surface area contributed by atoms with Crippen molar-refractivity contribution in [1.29, 1.82) is 0 Å². The summed E-state index contributed by atoms with van der Waals surface area (Å²) < 4.78 is 1.89. The molecule has 2 heterocycles. The number of carbonyl (C=O) groups excluding carboxylic acids is 1. The Morgan fingerprint density at radius 2 is 1.69 bits per heavy atom. The van der Waals surface area contributed by atoms with E-state index in [-0.39, 0.29) is 11.9 Å². The maximum Gasteiger partial charge on any atom is 0.240 e. The fourth-order valence-electron chi connectivity index (χ4n) is 3.81. The highest BCUT2D eigenvalue weighted by Crippen LogP contribution is 2.39. The lowest BCUT2D eigenvalue weighted by Crippen LogP contribution is -2.41. The topological polar surface area (TPSA) is 71.8 Å². The van der Waals surface area contributed by atoms with Crippen molar-refractivity contribution in [3.05, 3.63) is 95.6 Å². The molecule has 7 heteroatoms. The minimum atomic E-state index is -0.419. The molecule has 1 aromatic heterocycles. The van der Waals surface area contributed by atoms with Gasteiger partial charge in [0.2, 0.25) is 11.1 Å². The largest absolute Gasteiger partial charge is 0.325 e. The number of rotatable bonds is 4. The van der Waals surface area contributed by atoms with Crippen LogP contribution in [0.15, 0.2) is 84.0 Å². The third kappa shape index (κ3) is 3.87. The molecule has 1 amide bonds. The van der Waals surface area contributed by atoms with Gasteiger partial charge in [-0.15, -0.1) is 10.2 Å². The summed E-state index contributed by atoms with van der Waals surface area (Å²) in [5.74, 6) is 0.656. The summed E-state index contributed by atoms with van der Waals surface area (Å²) in [6.07, 6.45) is 0.